The van der Waals surface area contributed by atoms with Crippen LogP contribution in [-0.4, -0.2) is 58.7 Å². The molecule has 0 bridgehead atoms. The molecule has 0 amide bonds. The molecule has 0 saturated carbocycles. The third kappa shape index (κ3) is 6.18. The van der Waals surface area contributed by atoms with Gasteiger partial charge in [0.2, 0.25) is 0 Å². The Labute approximate surface area is 208 Å². The van der Waals surface area contributed by atoms with Crippen LogP contribution in [-0.2, 0) is 6.54 Å². The van der Waals surface area contributed by atoms with E-state index in [0.717, 1.165) is 58.0 Å². The Balaban J connectivity index is 1.11. The normalized spacial score (nSPS) is 14.9. The van der Waals surface area contributed by atoms with E-state index in [9.17, 15) is 0 Å². The van der Waals surface area contributed by atoms with Gasteiger partial charge >= 0.3 is 0 Å². The molecule has 3 aromatic carbocycles. The molecule has 1 saturated heterocycles. The highest BCUT2D eigenvalue weighted by molar-refractivity contribution is 5.34. The van der Waals surface area contributed by atoms with Crippen molar-refractivity contribution in [1.29, 1.82) is 0 Å². The first-order valence-corrected chi connectivity index (χ1v) is 12.6. The molecule has 0 radical (unpaired) electrons. The fourth-order valence-electron chi connectivity index (χ4n) is 4.95. The molecule has 1 aliphatic heterocycles. The van der Waals surface area contributed by atoms with E-state index in [2.05, 4.69) is 98.2 Å². The van der Waals surface area contributed by atoms with Gasteiger partial charge in [-0.2, -0.15) is 0 Å². The molecule has 180 valence electrons. The Kier molecular flexibility index (Phi) is 7.89. The van der Waals surface area contributed by atoms with E-state index in [1.807, 2.05) is 24.8 Å². The lowest BCUT2D eigenvalue weighted by Crippen LogP contribution is -2.48. The third-order valence-electron chi connectivity index (χ3n) is 6.76. The molecule has 5 heteroatoms. The minimum Gasteiger partial charge on any atom is -0.493 e. The van der Waals surface area contributed by atoms with Gasteiger partial charge in [-0.05, 0) is 23.6 Å². The first kappa shape index (κ1) is 23.3. The number of hydrogen-bond donors (Lipinski definition) is 0. The predicted octanol–water partition coefficient (Wildman–Crippen LogP) is 5.11. The number of para-hydroxylation sites is 1. The van der Waals surface area contributed by atoms with E-state index in [1.165, 1.54) is 16.7 Å². The smallest absolute Gasteiger partial charge is 0.124 e. The summed E-state index contributed by atoms with van der Waals surface area (Å²) in [5.41, 5.74) is 3.93. The SMILES string of the molecule is c1ccc(C(c2ccccc2)N2CCN(CCCOc3ccccc3Cn3ccnc3)CC2)cc1. The zero-order chi connectivity index (χ0) is 23.7. The lowest BCUT2D eigenvalue weighted by atomic mass is 9.96. The Morgan fingerprint density at radius 3 is 2.09 bits per heavy atom. The first-order chi connectivity index (χ1) is 17.4. The summed E-state index contributed by atoms with van der Waals surface area (Å²) in [4.78, 5) is 9.34. The number of ether oxygens (including phenoxy) is 1. The van der Waals surface area contributed by atoms with E-state index < -0.39 is 0 Å². The first-order valence-electron chi connectivity index (χ1n) is 12.6. The van der Waals surface area contributed by atoms with Gasteiger partial charge in [0.15, 0.2) is 0 Å². The minimum atomic E-state index is 0.315. The van der Waals surface area contributed by atoms with Crippen molar-refractivity contribution in [3.63, 3.8) is 0 Å². The molecule has 4 aromatic rings. The molecule has 0 unspecified atom stereocenters. The Morgan fingerprint density at radius 1 is 0.771 bits per heavy atom. The van der Waals surface area contributed by atoms with Gasteiger partial charge in [0.05, 0.1) is 25.5 Å². The van der Waals surface area contributed by atoms with Crippen LogP contribution in [0.15, 0.2) is 104 Å². The van der Waals surface area contributed by atoms with E-state index >= 15 is 0 Å². The van der Waals surface area contributed by atoms with Gasteiger partial charge in [0.1, 0.15) is 5.75 Å². The molecule has 0 aliphatic carbocycles. The van der Waals surface area contributed by atoms with Gasteiger partial charge in [-0.15, -0.1) is 0 Å². The topological polar surface area (TPSA) is 33.5 Å². The molecule has 35 heavy (non-hydrogen) atoms. The van der Waals surface area contributed by atoms with Crippen LogP contribution in [0.5, 0.6) is 5.75 Å². The summed E-state index contributed by atoms with van der Waals surface area (Å²) in [5, 5.41) is 0. The number of aromatic nitrogens is 2. The van der Waals surface area contributed by atoms with E-state index in [4.69, 9.17) is 4.74 Å². The van der Waals surface area contributed by atoms with Crippen molar-refractivity contribution in [2.75, 3.05) is 39.3 Å². The van der Waals surface area contributed by atoms with Crippen LogP contribution in [0.1, 0.15) is 29.2 Å². The van der Waals surface area contributed by atoms with Crippen molar-refractivity contribution in [3.8, 4) is 5.75 Å². The number of benzene rings is 3. The number of hydrogen-bond acceptors (Lipinski definition) is 4. The summed E-state index contributed by atoms with van der Waals surface area (Å²) in [6, 6.07) is 30.4. The largest absolute Gasteiger partial charge is 0.493 e. The zero-order valence-electron chi connectivity index (χ0n) is 20.2. The number of rotatable bonds is 10. The van der Waals surface area contributed by atoms with Crippen LogP contribution in [0.2, 0.25) is 0 Å². The summed E-state index contributed by atoms with van der Waals surface area (Å²) >= 11 is 0. The predicted molar refractivity (Wildman–Crippen MR) is 141 cm³/mol. The lowest BCUT2D eigenvalue weighted by molar-refractivity contribution is 0.105. The van der Waals surface area contributed by atoms with Crippen LogP contribution in [0, 0.1) is 0 Å². The van der Waals surface area contributed by atoms with Gasteiger partial charge in [-0.25, -0.2) is 4.98 Å². The van der Waals surface area contributed by atoms with E-state index in [0.29, 0.717) is 6.04 Å². The van der Waals surface area contributed by atoms with Gasteiger partial charge in [0, 0.05) is 50.7 Å². The summed E-state index contributed by atoms with van der Waals surface area (Å²) in [6.45, 7) is 6.91. The van der Waals surface area contributed by atoms with Crippen LogP contribution < -0.4 is 4.74 Å². The fraction of sp³-hybridized carbons (Fsp3) is 0.300. The van der Waals surface area contributed by atoms with Crippen LogP contribution in [0.4, 0.5) is 0 Å². The van der Waals surface area contributed by atoms with Crippen LogP contribution in [0.3, 0.4) is 0 Å². The summed E-state index contributed by atoms with van der Waals surface area (Å²) < 4.78 is 8.25. The highest BCUT2D eigenvalue weighted by Gasteiger charge is 2.26. The van der Waals surface area contributed by atoms with Crippen molar-refractivity contribution in [3.05, 3.63) is 120 Å². The molecule has 0 N–H and O–H groups in total. The highest BCUT2D eigenvalue weighted by atomic mass is 16.5. The average molecular weight is 467 g/mol. The summed E-state index contributed by atoms with van der Waals surface area (Å²) in [7, 11) is 0. The maximum absolute atomic E-state index is 6.18. The Morgan fingerprint density at radius 2 is 1.43 bits per heavy atom. The molecule has 0 spiro atoms. The van der Waals surface area contributed by atoms with Crippen molar-refractivity contribution >= 4 is 0 Å². The number of imidazole rings is 1. The molecule has 1 fully saturated rings. The second-order valence-electron chi connectivity index (χ2n) is 9.15. The quantitative estimate of drug-likeness (QED) is 0.304. The van der Waals surface area contributed by atoms with Gasteiger partial charge in [0.25, 0.3) is 0 Å². The van der Waals surface area contributed by atoms with Crippen molar-refractivity contribution in [1.82, 2.24) is 19.4 Å². The summed E-state index contributed by atoms with van der Waals surface area (Å²) in [5.74, 6) is 0.972. The minimum absolute atomic E-state index is 0.315. The van der Waals surface area contributed by atoms with Crippen molar-refractivity contribution in [2.24, 2.45) is 0 Å². The van der Waals surface area contributed by atoms with Crippen molar-refractivity contribution in [2.45, 2.75) is 19.0 Å². The Hall–Kier alpha value is -3.41. The average Bonchev–Trinajstić information content (AvgIpc) is 3.43. The van der Waals surface area contributed by atoms with Crippen molar-refractivity contribution < 1.29 is 4.74 Å². The molecule has 2 heterocycles. The van der Waals surface area contributed by atoms with E-state index in [-0.39, 0.29) is 0 Å². The number of nitrogens with zero attached hydrogens (tertiary/aromatic N) is 4. The standard InChI is InChI=1S/C30H34N4O/c1-3-10-26(11-4-1)30(27-12-5-2-6-13-27)34-21-19-32(20-22-34)17-9-23-35-29-15-8-7-14-28(29)24-33-18-16-31-25-33/h1-8,10-16,18,25,30H,9,17,19-24H2. The maximum atomic E-state index is 6.18. The monoisotopic (exact) mass is 466 g/mol. The zero-order valence-corrected chi connectivity index (χ0v) is 20.2. The van der Waals surface area contributed by atoms with Crippen LogP contribution >= 0.6 is 0 Å². The summed E-state index contributed by atoms with van der Waals surface area (Å²) in [6.07, 6.45) is 6.67. The molecular formula is C30H34N4O. The number of piperazine rings is 1. The molecule has 0 atom stereocenters. The maximum Gasteiger partial charge on any atom is 0.124 e. The third-order valence-corrected chi connectivity index (χ3v) is 6.76. The lowest BCUT2D eigenvalue weighted by Gasteiger charge is -2.39. The molecule has 1 aliphatic rings. The van der Waals surface area contributed by atoms with E-state index in [1.54, 1.807) is 0 Å². The fourth-order valence-corrected chi connectivity index (χ4v) is 4.95. The molecule has 1 aromatic heterocycles. The van der Waals surface area contributed by atoms with Crippen LogP contribution in [0.25, 0.3) is 0 Å². The second kappa shape index (κ2) is 11.8. The Bertz CT molecular complexity index is 1100. The molecule has 5 rings (SSSR count). The van der Waals surface area contributed by atoms with Gasteiger partial charge in [-0.3, -0.25) is 4.90 Å². The van der Waals surface area contributed by atoms with Gasteiger partial charge in [-0.1, -0.05) is 78.9 Å². The highest BCUT2D eigenvalue weighted by Crippen LogP contribution is 2.29. The van der Waals surface area contributed by atoms with Gasteiger partial charge < -0.3 is 14.2 Å². The molecule has 5 nitrogen and oxygen atoms in total. The second-order valence-corrected chi connectivity index (χ2v) is 9.15. The molecular weight excluding hydrogens is 432 g/mol.